The fraction of sp³-hybridized carbons (Fsp3) is 0. The highest BCUT2D eigenvalue weighted by atomic mass is 35.5. The monoisotopic (exact) mass is 349 g/mol. The third kappa shape index (κ3) is 2.86. The van der Waals surface area contributed by atoms with Crippen LogP contribution in [-0.4, -0.2) is 25.7 Å². The maximum atomic E-state index is 11.3. The van der Waals surface area contributed by atoms with Crippen LogP contribution in [0.5, 0.6) is 0 Å². The molecule has 6 heteroatoms. The van der Waals surface area contributed by atoms with Gasteiger partial charge in [-0.3, -0.25) is 0 Å². The molecule has 0 unspecified atom stereocenters. The first-order valence-corrected chi connectivity index (χ1v) is 7.95. The minimum absolute atomic E-state index is 0.0436. The molecule has 5 nitrogen and oxygen atoms in total. The third-order valence-corrected chi connectivity index (χ3v) is 4.11. The number of halogens is 1. The normalized spacial score (nSPS) is 10.9. The van der Waals surface area contributed by atoms with E-state index in [9.17, 15) is 9.90 Å². The molecule has 2 aromatic carbocycles. The lowest BCUT2D eigenvalue weighted by Crippen LogP contribution is -2.00. The van der Waals surface area contributed by atoms with Crippen LogP contribution in [0, 0.1) is 0 Å². The van der Waals surface area contributed by atoms with Gasteiger partial charge >= 0.3 is 5.97 Å². The highest BCUT2D eigenvalue weighted by Crippen LogP contribution is 2.27. The van der Waals surface area contributed by atoms with E-state index < -0.39 is 5.97 Å². The Kier molecular flexibility index (Phi) is 3.71. The van der Waals surface area contributed by atoms with Crippen LogP contribution >= 0.6 is 11.6 Å². The van der Waals surface area contributed by atoms with E-state index in [1.165, 1.54) is 6.07 Å². The fourth-order valence-electron chi connectivity index (χ4n) is 2.66. The van der Waals surface area contributed by atoms with Crippen molar-refractivity contribution in [1.82, 2.24) is 14.6 Å². The van der Waals surface area contributed by atoms with E-state index in [1.54, 1.807) is 16.6 Å². The van der Waals surface area contributed by atoms with Crippen LogP contribution in [0.4, 0.5) is 0 Å². The smallest absolute Gasteiger partial charge is 0.356 e. The largest absolute Gasteiger partial charge is 0.476 e. The zero-order valence-corrected chi connectivity index (χ0v) is 13.7. The molecule has 0 radical (unpaired) electrons. The molecule has 0 atom stereocenters. The van der Waals surface area contributed by atoms with Crippen LogP contribution < -0.4 is 0 Å². The summed E-state index contributed by atoms with van der Waals surface area (Å²) >= 11 is 5.96. The summed E-state index contributed by atoms with van der Waals surface area (Å²) in [7, 11) is 0. The fourth-order valence-corrected chi connectivity index (χ4v) is 2.79. The topological polar surface area (TPSA) is 67.5 Å². The van der Waals surface area contributed by atoms with Crippen molar-refractivity contribution in [3.63, 3.8) is 0 Å². The number of rotatable bonds is 3. The molecular weight excluding hydrogens is 338 g/mol. The van der Waals surface area contributed by atoms with Crippen molar-refractivity contribution in [3.8, 4) is 22.5 Å². The molecule has 0 fully saturated rings. The van der Waals surface area contributed by atoms with Gasteiger partial charge in [-0.1, -0.05) is 54.1 Å². The molecule has 25 heavy (non-hydrogen) atoms. The molecule has 4 rings (SSSR count). The number of nitrogens with zero attached hydrogens (tertiary/aromatic N) is 3. The van der Waals surface area contributed by atoms with Crippen molar-refractivity contribution >= 4 is 23.2 Å². The molecule has 0 aliphatic carbocycles. The van der Waals surface area contributed by atoms with Gasteiger partial charge in [0, 0.05) is 22.2 Å². The Morgan fingerprint density at radius 1 is 0.960 bits per heavy atom. The third-order valence-electron chi connectivity index (χ3n) is 3.86. The summed E-state index contributed by atoms with van der Waals surface area (Å²) in [6, 6.07) is 20.4. The SMILES string of the molecule is O=C(O)c1cc2nc(-c3ccc(Cl)cc3)cc(-c3ccccc3)n2n1. The first kappa shape index (κ1) is 15.4. The van der Waals surface area contributed by atoms with Gasteiger partial charge in [-0.25, -0.2) is 14.3 Å². The van der Waals surface area contributed by atoms with E-state index >= 15 is 0 Å². The average Bonchev–Trinajstić information content (AvgIpc) is 3.07. The lowest BCUT2D eigenvalue weighted by Gasteiger charge is -2.08. The molecule has 122 valence electrons. The van der Waals surface area contributed by atoms with E-state index in [0.29, 0.717) is 10.7 Å². The van der Waals surface area contributed by atoms with Gasteiger partial charge in [0.2, 0.25) is 0 Å². The van der Waals surface area contributed by atoms with E-state index in [4.69, 9.17) is 11.6 Å². The van der Waals surface area contributed by atoms with Crippen LogP contribution in [0.2, 0.25) is 5.02 Å². The van der Waals surface area contributed by atoms with Crippen LogP contribution in [0.1, 0.15) is 10.5 Å². The molecule has 0 saturated carbocycles. The zero-order chi connectivity index (χ0) is 17.4. The second-order valence-corrected chi connectivity index (χ2v) is 5.94. The first-order chi connectivity index (χ1) is 12.1. The highest BCUT2D eigenvalue weighted by molar-refractivity contribution is 6.30. The maximum Gasteiger partial charge on any atom is 0.356 e. The van der Waals surface area contributed by atoms with Gasteiger partial charge in [0.15, 0.2) is 11.3 Å². The van der Waals surface area contributed by atoms with Gasteiger partial charge in [0.25, 0.3) is 0 Å². The molecule has 1 N–H and O–H groups in total. The van der Waals surface area contributed by atoms with Crippen molar-refractivity contribution in [2.45, 2.75) is 0 Å². The van der Waals surface area contributed by atoms with Crippen molar-refractivity contribution < 1.29 is 9.90 Å². The van der Waals surface area contributed by atoms with Gasteiger partial charge in [-0.15, -0.1) is 0 Å². The number of hydrogen-bond donors (Lipinski definition) is 1. The van der Waals surface area contributed by atoms with E-state index in [-0.39, 0.29) is 5.69 Å². The van der Waals surface area contributed by atoms with Crippen molar-refractivity contribution in [2.75, 3.05) is 0 Å². The Balaban J connectivity index is 1.99. The number of carboxylic acids is 1. The Morgan fingerprint density at radius 3 is 2.36 bits per heavy atom. The Labute approximate surface area is 148 Å². The summed E-state index contributed by atoms with van der Waals surface area (Å²) in [5.41, 5.74) is 3.73. The minimum atomic E-state index is -1.09. The van der Waals surface area contributed by atoms with Gasteiger partial charge < -0.3 is 5.11 Å². The second kappa shape index (κ2) is 6.03. The Hall–Kier alpha value is -3.18. The highest BCUT2D eigenvalue weighted by Gasteiger charge is 2.15. The number of aromatic carboxylic acids is 1. The molecular formula is C19H12ClN3O2. The number of benzene rings is 2. The number of fused-ring (bicyclic) bond motifs is 1. The van der Waals surface area contributed by atoms with Crippen LogP contribution in [0.15, 0.2) is 66.7 Å². The molecule has 2 aromatic heterocycles. The van der Waals surface area contributed by atoms with E-state index in [0.717, 1.165) is 22.5 Å². The number of carboxylic acid groups (broad SMARTS) is 1. The summed E-state index contributed by atoms with van der Waals surface area (Å²) in [6.45, 7) is 0. The molecule has 0 saturated heterocycles. The lowest BCUT2D eigenvalue weighted by molar-refractivity contribution is 0.0690. The molecule has 0 amide bonds. The predicted octanol–water partition coefficient (Wildman–Crippen LogP) is 4.41. The standard InChI is InChI=1S/C19H12ClN3O2/c20-14-8-6-12(7-9-14)15-10-17(13-4-2-1-3-5-13)23-18(21-15)11-16(22-23)19(24)25/h1-11H,(H,24,25). The summed E-state index contributed by atoms with van der Waals surface area (Å²) in [4.78, 5) is 15.9. The lowest BCUT2D eigenvalue weighted by atomic mass is 10.1. The van der Waals surface area contributed by atoms with Crippen molar-refractivity contribution in [2.24, 2.45) is 0 Å². The average molecular weight is 350 g/mol. The molecule has 0 aliphatic heterocycles. The molecule has 0 bridgehead atoms. The number of hydrogen-bond acceptors (Lipinski definition) is 3. The van der Waals surface area contributed by atoms with Crippen LogP contribution in [-0.2, 0) is 0 Å². The molecule has 4 aromatic rings. The van der Waals surface area contributed by atoms with Gasteiger partial charge in [0.05, 0.1) is 11.4 Å². The quantitative estimate of drug-likeness (QED) is 0.594. The zero-order valence-electron chi connectivity index (χ0n) is 12.9. The summed E-state index contributed by atoms with van der Waals surface area (Å²) < 4.78 is 1.55. The van der Waals surface area contributed by atoms with Crippen LogP contribution in [0.25, 0.3) is 28.2 Å². The summed E-state index contributed by atoms with van der Waals surface area (Å²) in [6.07, 6.45) is 0. The summed E-state index contributed by atoms with van der Waals surface area (Å²) in [5.74, 6) is -1.09. The predicted molar refractivity (Wildman–Crippen MR) is 95.8 cm³/mol. The van der Waals surface area contributed by atoms with Crippen molar-refractivity contribution in [3.05, 3.63) is 77.4 Å². The van der Waals surface area contributed by atoms with E-state index in [1.807, 2.05) is 48.5 Å². The Bertz CT molecular complexity index is 1070. The number of aromatic nitrogens is 3. The van der Waals surface area contributed by atoms with Gasteiger partial charge in [-0.05, 0) is 18.2 Å². The summed E-state index contributed by atoms with van der Waals surface area (Å²) in [5, 5.41) is 14.1. The maximum absolute atomic E-state index is 11.3. The molecule has 0 aliphatic rings. The van der Waals surface area contributed by atoms with Crippen LogP contribution in [0.3, 0.4) is 0 Å². The van der Waals surface area contributed by atoms with Gasteiger partial charge in [0.1, 0.15) is 0 Å². The van der Waals surface area contributed by atoms with E-state index in [2.05, 4.69) is 10.1 Å². The second-order valence-electron chi connectivity index (χ2n) is 5.50. The van der Waals surface area contributed by atoms with Gasteiger partial charge in [-0.2, -0.15) is 5.10 Å². The molecule has 2 heterocycles. The first-order valence-electron chi connectivity index (χ1n) is 7.57. The van der Waals surface area contributed by atoms with Crippen molar-refractivity contribution in [1.29, 1.82) is 0 Å². The Morgan fingerprint density at radius 2 is 1.68 bits per heavy atom. The minimum Gasteiger partial charge on any atom is -0.476 e. The number of carbonyl (C=O) groups is 1. The molecule has 0 spiro atoms.